The monoisotopic (exact) mass is 336 g/mol. The highest BCUT2D eigenvalue weighted by molar-refractivity contribution is 7.98. The summed E-state index contributed by atoms with van der Waals surface area (Å²) in [6.07, 6.45) is 0. The standard InChI is InChI=1S/C14H10Cl2N4S/c15-11-4-1-3-10(7-11)9-21-14-17-18-19-20(14)13-6-2-5-12(16)8-13/h1-8H,9H2. The Hall–Kier alpha value is -1.56. The van der Waals surface area contributed by atoms with Gasteiger partial charge in [-0.2, -0.15) is 4.68 Å². The van der Waals surface area contributed by atoms with E-state index in [1.54, 1.807) is 16.4 Å². The first kappa shape index (κ1) is 14.4. The van der Waals surface area contributed by atoms with E-state index in [1.807, 2.05) is 48.5 Å². The molecule has 4 nitrogen and oxygen atoms in total. The van der Waals surface area contributed by atoms with Crippen molar-refractivity contribution in [2.45, 2.75) is 10.9 Å². The Balaban J connectivity index is 1.80. The number of tetrazole rings is 1. The van der Waals surface area contributed by atoms with E-state index in [4.69, 9.17) is 23.2 Å². The van der Waals surface area contributed by atoms with Gasteiger partial charge in [-0.15, -0.1) is 5.10 Å². The van der Waals surface area contributed by atoms with E-state index in [0.717, 1.165) is 22.0 Å². The summed E-state index contributed by atoms with van der Waals surface area (Å²) in [4.78, 5) is 0. The van der Waals surface area contributed by atoms with Crippen LogP contribution in [-0.2, 0) is 5.75 Å². The van der Waals surface area contributed by atoms with Crippen molar-refractivity contribution in [3.63, 3.8) is 0 Å². The molecule has 0 atom stereocenters. The quantitative estimate of drug-likeness (QED) is 0.667. The second-order valence-electron chi connectivity index (χ2n) is 4.27. The van der Waals surface area contributed by atoms with Crippen LogP contribution in [0.1, 0.15) is 5.56 Å². The highest BCUT2D eigenvalue weighted by Gasteiger charge is 2.09. The summed E-state index contributed by atoms with van der Waals surface area (Å²) in [6, 6.07) is 15.1. The second-order valence-corrected chi connectivity index (χ2v) is 6.09. The molecule has 0 saturated heterocycles. The predicted octanol–water partition coefficient (Wildman–Crippen LogP) is 4.26. The number of hydrogen-bond donors (Lipinski definition) is 0. The second kappa shape index (κ2) is 6.47. The van der Waals surface area contributed by atoms with Crippen LogP contribution >= 0.6 is 35.0 Å². The zero-order chi connectivity index (χ0) is 14.7. The first-order valence-corrected chi connectivity index (χ1v) is 7.88. The third-order valence-corrected chi connectivity index (χ3v) is 4.21. The maximum atomic E-state index is 6.00. The third kappa shape index (κ3) is 3.56. The lowest BCUT2D eigenvalue weighted by Crippen LogP contribution is -1.99. The maximum absolute atomic E-state index is 6.00. The minimum atomic E-state index is 0.647. The Morgan fingerprint density at radius 3 is 2.52 bits per heavy atom. The summed E-state index contributed by atoms with van der Waals surface area (Å²) < 4.78 is 1.67. The number of rotatable bonds is 4. The number of aromatic nitrogens is 4. The molecule has 1 heterocycles. The molecule has 3 aromatic rings. The summed E-state index contributed by atoms with van der Waals surface area (Å²) >= 11 is 13.5. The van der Waals surface area contributed by atoms with Gasteiger partial charge in [-0.1, -0.05) is 53.2 Å². The molecule has 0 fully saturated rings. The fraction of sp³-hybridized carbons (Fsp3) is 0.0714. The van der Waals surface area contributed by atoms with Crippen LogP contribution in [0.3, 0.4) is 0 Å². The predicted molar refractivity (Wildman–Crippen MR) is 85.2 cm³/mol. The van der Waals surface area contributed by atoms with Crippen molar-refractivity contribution in [1.29, 1.82) is 0 Å². The number of halogens is 2. The normalized spacial score (nSPS) is 10.8. The van der Waals surface area contributed by atoms with E-state index in [-0.39, 0.29) is 0 Å². The van der Waals surface area contributed by atoms with Crippen molar-refractivity contribution in [2.75, 3.05) is 0 Å². The van der Waals surface area contributed by atoms with Crippen molar-refractivity contribution in [3.05, 3.63) is 64.1 Å². The maximum Gasteiger partial charge on any atom is 0.214 e. The van der Waals surface area contributed by atoms with Gasteiger partial charge >= 0.3 is 0 Å². The molecule has 0 radical (unpaired) electrons. The van der Waals surface area contributed by atoms with Crippen LogP contribution in [0.4, 0.5) is 0 Å². The van der Waals surface area contributed by atoms with Crippen molar-refractivity contribution in [1.82, 2.24) is 20.2 Å². The molecule has 1 aromatic heterocycles. The van der Waals surface area contributed by atoms with Gasteiger partial charge in [-0.05, 0) is 46.3 Å². The highest BCUT2D eigenvalue weighted by atomic mass is 35.5. The molecule has 7 heteroatoms. The molecule has 0 aliphatic carbocycles. The first-order valence-electron chi connectivity index (χ1n) is 6.14. The lowest BCUT2D eigenvalue weighted by Gasteiger charge is -2.05. The van der Waals surface area contributed by atoms with Gasteiger partial charge in [0.15, 0.2) is 0 Å². The van der Waals surface area contributed by atoms with E-state index in [9.17, 15) is 0 Å². The zero-order valence-electron chi connectivity index (χ0n) is 10.8. The van der Waals surface area contributed by atoms with E-state index in [0.29, 0.717) is 10.2 Å². The molecule has 21 heavy (non-hydrogen) atoms. The molecule has 106 valence electrons. The van der Waals surface area contributed by atoms with E-state index in [1.165, 1.54) is 0 Å². The average molecular weight is 337 g/mol. The topological polar surface area (TPSA) is 43.6 Å². The summed E-state index contributed by atoms with van der Waals surface area (Å²) in [5.74, 6) is 0.738. The number of thioether (sulfide) groups is 1. The van der Waals surface area contributed by atoms with Gasteiger partial charge in [-0.3, -0.25) is 0 Å². The van der Waals surface area contributed by atoms with E-state index >= 15 is 0 Å². The van der Waals surface area contributed by atoms with Gasteiger partial charge in [0.1, 0.15) is 0 Å². The van der Waals surface area contributed by atoms with Crippen LogP contribution in [0, 0.1) is 0 Å². The lowest BCUT2D eigenvalue weighted by atomic mass is 10.2. The Bertz CT molecular complexity index is 760. The minimum Gasteiger partial charge on any atom is -0.187 e. The molecular weight excluding hydrogens is 327 g/mol. The Morgan fingerprint density at radius 2 is 1.76 bits per heavy atom. The molecule has 0 bridgehead atoms. The fourth-order valence-corrected chi connectivity index (χ4v) is 3.04. The molecule has 2 aromatic carbocycles. The smallest absolute Gasteiger partial charge is 0.187 e. The molecule has 0 aliphatic heterocycles. The number of benzene rings is 2. The Labute approximate surface area is 136 Å². The third-order valence-electron chi connectivity index (χ3n) is 2.75. The molecule has 0 N–H and O–H groups in total. The van der Waals surface area contributed by atoms with Crippen LogP contribution in [0.25, 0.3) is 5.69 Å². The van der Waals surface area contributed by atoms with Gasteiger partial charge in [0, 0.05) is 15.8 Å². The zero-order valence-corrected chi connectivity index (χ0v) is 13.1. The molecule has 0 unspecified atom stereocenters. The van der Waals surface area contributed by atoms with Crippen LogP contribution < -0.4 is 0 Å². The molecule has 0 aliphatic rings. The van der Waals surface area contributed by atoms with E-state index < -0.39 is 0 Å². The summed E-state index contributed by atoms with van der Waals surface area (Å²) in [6.45, 7) is 0. The molecule has 3 rings (SSSR count). The Morgan fingerprint density at radius 1 is 1.00 bits per heavy atom. The van der Waals surface area contributed by atoms with Gasteiger partial charge in [0.05, 0.1) is 5.69 Å². The van der Waals surface area contributed by atoms with Crippen molar-refractivity contribution in [2.24, 2.45) is 0 Å². The van der Waals surface area contributed by atoms with Crippen molar-refractivity contribution in [3.8, 4) is 5.69 Å². The SMILES string of the molecule is Clc1cccc(CSc2nnnn2-c2cccc(Cl)c2)c1. The van der Waals surface area contributed by atoms with E-state index in [2.05, 4.69) is 15.5 Å². The van der Waals surface area contributed by atoms with Crippen LogP contribution in [0.2, 0.25) is 10.0 Å². The van der Waals surface area contributed by atoms with Crippen LogP contribution in [-0.4, -0.2) is 20.2 Å². The minimum absolute atomic E-state index is 0.647. The number of hydrogen-bond acceptors (Lipinski definition) is 4. The first-order chi connectivity index (χ1) is 10.2. The van der Waals surface area contributed by atoms with Crippen molar-refractivity contribution >= 4 is 35.0 Å². The largest absolute Gasteiger partial charge is 0.214 e. The Kier molecular flexibility index (Phi) is 4.43. The molecule has 0 amide bonds. The van der Waals surface area contributed by atoms with Gasteiger partial charge in [-0.25, -0.2) is 0 Å². The molecule has 0 spiro atoms. The van der Waals surface area contributed by atoms with Gasteiger partial charge in [0.25, 0.3) is 0 Å². The van der Waals surface area contributed by atoms with Crippen LogP contribution in [0.5, 0.6) is 0 Å². The number of nitrogens with zero attached hydrogens (tertiary/aromatic N) is 4. The van der Waals surface area contributed by atoms with Gasteiger partial charge in [0.2, 0.25) is 5.16 Å². The average Bonchev–Trinajstić information content (AvgIpc) is 2.94. The highest BCUT2D eigenvalue weighted by Crippen LogP contribution is 2.24. The van der Waals surface area contributed by atoms with Crippen molar-refractivity contribution < 1.29 is 0 Å². The summed E-state index contributed by atoms with van der Waals surface area (Å²) in [5.41, 5.74) is 1.95. The molecular formula is C14H10Cl2N4S. The lowest BCUT2D eigenvalue weighted by molar-refractivity contribution is 0.756. The summed E-state index contributed by atoms with van der Waals surface area (Å²) in [5, 5.41) is 13.9. The molecule has 0 saturated carbocycles. The fourth-order valence-electron chi connectivity index (χ4n) is 1.81. The van der Waals surface area contributed by atoms with Gasteiger partial charge < -0.3 is 0 Å². The summed E-state index contributed by atoms with van der Waals surface area (Å²) in [7, 11) is 0. The van der Waals surface area contributed by atoms with Crippen LogP contribution in [0.15, 0.2) is 53.7 Å².